The van der Waals surface area contributed by atoms with E-state index < -0.39 is 17.6 Å². The number of nitrogens with zero attached hydrogens (tertiary/aromatic N) is 2. The zero-order valence-corrected chi connectivity index (χ0v) is 20.9. The lowest BCUT2D eigenvalue weighted by molar-refractivity contribution is 0.0517. The van der Waals surface area contributed by atoms with Gasteiger partial charge in [0.1, 0.15) is 29.6 Å². The standard InChI is InChI=1S/C29H27FN2O6/c1-2-36-29(35)23-27(37-17-19-6-4-3-5-7-19)24-25-26(38-22(12-13-33)16-32(25)28(23)34)20(15-31-24)14-18-8-10-21(30)11-9-18/h3-11,15,22,33H,2,12-14,16-17H2,1H3/t22-/m1/s1. The Morgan fingerprint density at radius 3 is 2.63 bits per heavy atom. The zero-order valence-electron chi connectivity index (χ0n) is 20.9. The predicted octanol–water partition coefficient (Wildman–Crippen LogP) is 4.03. The Balaban J connectivity index is 1.70. The summed E-state index contributed by atoms with van der Waals surface area (Å²) in [7, 11) is 0. The van der Waals surface area contributed by atoms with E-state index in [1.165, 1.54) is 16.7 Å². The molecule has 8 nitrogen and oxygen atoms in total. The van der Waals surface area contributed by atoms with Gasteiger partial charge in [-0.05, 0) is 30.2 Å². The number of rotatable bonds is 9. The summed E-state index contributed by atoms with van der Waals surface area (Å²) in [6, 6.07) is 15.5. The highest BCUT2D eigenvalue weighted by Crippen LogP contribution is 2.39. The van der Waals surface area contributed by atoms with Crippen molar-refractivity contribution < 1.29 is 28.5 Å². The summed E-state index contributed by atoms with van der Waals surface area (Å²) < 4.78 is 32.5. The highest BCUT2D eigenvalue weighted by atomic mass is 19.1. The minimum absolute atomic E-state index is 0.0299. The monoisotopic (exact) mass is 518 g/mol. The maximum atomic E-state index is 13.8. The highest BCUT2D eigenvalue weighted by Gasteiger charge is 2.33. The van der Waals surface area contributed by atoms with Crippen molar-refractivity contribution >= 4 is 17.0 Å². The molecule has 9 heteroatoms. The summed E-state index contributed by atoms with van der Waals surface area (Å²) >= 11 is 0. The van der Waals surface area contributed by atoms with Gasteiger partial charge in [-0.2, -0.15) is 0 Å². The third-order valence-corrected chi connectivity index (χ3v) is 6.39. The fourth-order valence-electron chi connectivity index (χ4n) is 4.60. The first-order valence-corrected chi connectivity index (χ1v) is 12.4. The second-order valence-electron chi connectivity index (χ2n) is 8.98. The van der Waals surface area contributed by atoms with E-state index >= 15 is 0 Å². The summed E-state index contributed by atoms with van der Waals surface area (Å²) in [6.07, 6.45) is 1.76. The van der Waals surface area contributed by atoms with E-state index in [1.807, 2.05) is 30.3 Å². The first-order valence-electron chi connectivity index (χ1n) is 12.4. The molecule has 0 unspecified atom stereocenters. The number of hydrogen-bond acceptors (Lipinski definition) is 7. The first kappa shape index (κ1) is 25.4. The van der Waals surface area contributed by atoms with Crippen LogP contribution in [-0.2, 0) is 24.3 Å². The van der Waals surface area contributed by atoms with Gasteiger partial charge in [-0.25, -0.2) is 9.18 Å². The molecule has 4 aromatic rings. The van der Waals surface area contributed by atoms with Gasteiger partial charge in [0.25, 0.3) is 5.56 Å². The summed E-state index contributed by atoms with van der Waals surface area (Å²) in [5, 5.41) is 9.59. The van der Waals surface area contributed by atoms with Crippen LogP contribution in [0.4, 0.5) is 4.39 Å². The van der Waals surface area contributed by atoms with Crippen LogP contribution in [-0.4, -0.2) is 39.9 Å². The number of aromatic nitrogens is 2. The number of carbonyl (C=O) groups excluding carboxylic acids is 1. The van der Waals surface area contributed by atoms with E-state index in [0.29, 0.717) is 28.8 Å². The molecule has 2 aromatic heterocycles. The average Bonchev–Trinajstić information content (AvgIpc) is 2.92. The summed E-state index contributed by atoms with van der Waals surface area (Å²) in [5.41, 5.74) is 2.24. The molecule has 0 spiro atoms. The Morgan fingerprint density at radius 2 is 1.92 bits per heavy atom. The van der Waals surface area contributed by atoms with Gasteiger partial charge in [-0.1, -0.05) is 42.5 Å². The lowest BCUT2D eigenvalue weighted by atomic mass is 10.0. The van der Waals surface area contributed by atoms with E-state index in [9.17, 15) is 19.1 Å². The highest BCUT2D eigenvalue weighted by molar-refractivity contribution is 6.00. The van der Waals surface area contributed by atoms with Gasteiger partial charge in [0.2, 0.25) is 0 Å². The second-order valence-corrected chi connectivity index (χ2v) is 8.98. The Labute approximate surface area is 218 Å². The molecule has 0 bridgehead atoms. The zero-order chi connectivity index (χ0) is 26.6. The minimum atomic E-state index is -0.796. The average molecular weight is 519 g/mol. The lowest BCUT2D eigenvalue weighted by Crippen LogP contribution is -2.38. The molecule has 38 heavy (non-hydrogen) atoms. The van der Waals surface area contributed by atoms with Crippen molar-refractivity contribution in [2.24, 2.45) is 0 Å². The third kappa shape index (κ3) is 4.97. The molecule has 1 N–H and O–H groups in total. The molecular weight excluding hydrogens is 491 g/mol. The number of aliphatic hydroxyl groups excluding tert-OH is 1. The van der Waals surface area contributed by atoms with Crippen LogP contribution in [0.25, 0.3) is 11.0 Å². The number of ether oxygens (including phenoxy) is 3. The van der Waals surface area contributed by atoms with Crippen LogP contribution in [0.5, 0.6) is 11.5 Å². The summed E-state index contributed by atoms with van der Waals surface area (Å²) in [6.45, 7) is 1.83. The summed E-state index contributed by atoms with van der Waals surface area (Å²) in [4.78, 5) is 31.4. The molecule has 196 valence electrons. The van der Waals surface area contributed by atoms with Crippen molar-refractivity contribution in [1.29, 1.82) is 0 Å². The van der Waals surface area contributed by atoms with Crippen LogP contribution < -0.4 is 15.0 Å². The summed E-state index contributed by atoms with van der Waals surface area (Å²) in [5.74, 6) is -0.690. The molecule has 0 amide bonds. The van der Waals surface area contributed by atoms with E-state index in [2.05, 4.69) is 4.98 Å². The fraction of sp³-hybridized carbons (Fsp3) is 0.276. The number of hydrogen-bond donors (Lipinski definition) is 1. The van der Waals surface area contributed by atoms with Gasteiger partial charge in [-0.15, -0.1) is 0 Å². The maximum Gasteiger partial charge on any atom is 0.347 e. The van der Waals surface area contributed by atoms with Crippen molar-refractivity contribution in [2.75, 3.05) is 13.2 Å². The fourth-order valence-corrected chi connectivity index (χ4v) is 4.60. The van der Waals surface area contributed by atoms with Gasteiger partial charge >= 0.3 is 5.97 Å². The molecule has 0 aliphatic carbocycles. The van der Waals surface area contributed by atoms with Crippen LogP contribution in [0.2, 0.25) is 0 Å². The predicted molar refractivity (Wildman–Crippen MR) is 138 cm³/mol. The number of pyridine rings is 2. The van der Waals surface area contributed by atoms with Crippen LogP contribution in [0.15, 0.2) is 65.6 Å². The van der Waals surface area contributed by atoms with Crippen LogP contribution in [0.1, 0.15) is 40.4 Å². The molecule has 5 rings (SSSR count). The van der Waals surface area contributed by atoms with Crippen LogP contribution >= 0.6 is 0 Å². The Morgan fingerprint density at radius 1 is 1.16 bits per heavy atom. The number of aliphatic hydroxyl groups is 1. The van der Waals surface area contributed by atoms with Crippen molar-refractivity contribution in [3.05, 3.63) is 99.2 Å². The number of halogens is 1. The van der Waals surface area contributed by atoms with Crippen molar-refractivity contribution in [2.45, 2.75) is 39.0 Å². The Bertz CT molecular complexity index is 1520. The van der Waals surface area contributed by atoms with E-state index in [4.69, 9.17) is 14.2 Å². The van der Waals surface area contributed by atoms with Gasteiger partial charge in [0, 0.05) is 31.2 Å². The topological polar surface area (TPSA) is 99.9 Å². The molecule has 1 aliphatic rings. The minimum Gasteiger partial charge on any atom is -0.486 e. The number of esters is 1. The molecular formula is C29H27FN2O6. The first-order chi connectivity index (χ1) is 18.5. The molecule has 0 radical (unpaired) electrons. The number of benzene rings is 2. The molecule has 1 aliphatic heterocycles. The van der Waals surface area contributed by atoms with Crippen molar-refractivity contribution in [3.63, 3.8) is 0 Å². The van der Waals surface area contributed by atoms with Gasteiger partial charge in [0.05, 0.1) is 13.2 Å². The SMILES string of the molecule is CCOC(=O)c1c(OCc2ccccc2)c2ncc(Cc3ccc(F)cc3)c3c2n(c1=O)C[C@@H](CCO)O3. The van der Waals surface area contributed by atoms with Gasteiger partial charge < -0.3 is 19.3 Å². The molecule has 0 saturated carbocycles. The Kier molecular flexibility index (Phi) is 7.37. The Hall–Kier alpha value is -4.24. The van der Waals surface area contributed by atoms with Crippen LogP contribution in [0.3, 0.4) is 0 Å². The molecule has 2 aromatic carbocycles. The van der Waals surface area contributed by atoms with Gasteiger partial charge in [0.15, 0.2) is 17.1 Å². The lowest BCUT2D eigenvalue weighted by Gasteiger charge is -2.30. The van der Waals surface area contributed by atoms with Crippen molar-refractivity contribution in [1.82, 2.24) is 9.55 Å². The van der Waals surface area contributed by atoms with Gasteiger partial charge in [-0.3, -0.25) is 14.3 Å². The molecule has 0 fully saturated rings. The molecule has 0 saturated heterocycles. The van der Waals surface area contributed by atoms with E-state index in [0.717, 1.165) is 11.1 Å². The quantitative estimate of drug-likeness (QED) is 0.334. The number of carbonyl (C=O) groups is 1. The molecule has 1 atom stereocenters. The molecule has 3 heterocycles. The maximum absolute atomic E-state index is 13.8. The largest absolute Gasteiger partial charge is 0.486 e. The van der Waals surface area contributed by atoms with Crippen LogP contribution in [0, 0.1) is 5.82 Å². The third-order valence-electron chi connectivity index (χ3n) is 6.39. The normalized spacial score (nSPS) is 14.2. The van der Waals surface area contributed by atoms with Crippen molar-refractivity contribution in [3.8, 4) is 11.5 Å². The second kappa shape index (κ2) is 11.0. The smallest absolute Gasteiger partial charge is 0.347 e. The van der Waals surface area contributed by atoms with E-state index in [1.54, 1.807) is 25.3 Å². The van der Waals surface area contributed by atoms with E-state index in [-0.39, 0.29) is 49.9 Å².